The SMILES string of the molecule is CCC(O)CCNC(=O)C1CCCC(C(F)(F)F)C1. The van der Waals surface area contributed by atoms with Gasteiger partial charge in [0.2, 0.25) is 5.91 Å². The standard InChI is InChI=1S/C13H22F3NO2/c1-2-11(18)6-7-17-12(19)9-4-3-5-10(8-9)13(14,15)16/h9-11,18H,2-8H2,1H3,(H,17,19). The summed E-state index contributed by atoms with van der Waals surface area (Å²) in [5.41, 5.74) is 0. The summed E-state index contributed by atoms with van der Waals surface area (Å²) in [4.78, 5) is 11.8. The van der Waals surface area contributed by atoms with Crippen LogP contribution in [0.1, 0.15) is 45.4 Å². The molecular formula is C13H22F3NO2. The third kappa shape index (κ3) is 5.38. The molecule has 1 aliphatic carbocycles. The van der Waals surface area contributed by atoms with Crippen molar-refractivity contribution in [2.75, 3.05) is 6.54 Å². The Morgan fingerprint density at radius 3 is 2.68 bits per heavy atom. The van der Waals surface area contributed by atoms with Crippen LogP contribution in [-0.4, -0.2) is 29.8 Å². The van der Waals surface area contributed by atoms with Crippen LogP contribution in [-0.2, 0) is 4.79 Å². The molecule has 1 amide bonds. The lowest BCUT2D eigenvalue weighted by Gasteiger charge is -2.29. The van der Waals surface area contributed by atoms with Crippen LogP contribution in [0, 0.1) is 11.8 Å². The average Bonchev–Trinajstić information content (AvgIpc) is 2.37. The molecule has 0 spiro atoms. The number of halogens is 3. The molecule has 3 atom stereocenters. The van der Waals surface area contributed by atoms with Gasteiger partial charge in [-0.3, -0.25) is 4.79 Å². The van der Waals surface area contributed by atoms with E-state index in [2.05, 4.69) is 5.32 Å². The van der Waals surface area contributed by atoms with E-state index >= 15 is 0 Å². The summed E-state index contributed by atoms with van der Waals surface area (Å²) in [5, 5.41) is 12.0. The molecule has 112 valence electrons. The molecule has 3 nitrogen and oxygen atoms in total. The first-order valence-corrected chi connectivity index (χ1v) is 6.87. The van der Waals surface area contributed by atoms with Crippen LogP contribution in [0.4, 0.5) is 13.2 Å². The summed E-state index contributed by atoms with van der Waals surface area (Å²) in [6, 6.07) is 0. The maximum Gasteiger partial charge on any atom is 0.391 e. The summed E-state index contributed by atoms with van der Waals surface area (Å²) in [6.45, 7) is 2.16. The number of hydrogen-bond acceptors (Lipinski definition) is 2. The molecule has 0 aromatic heterocycles. The van der Waals surface area contributed by atoms with Gasteiger partial charge in [-0.1, -0.05) is 13.3 Å². The average molecular weight is 281 g/mol. The van der Waals surface area contributed by atoms with Crippen molar-refractivity contribution in [3.8, 4) is 0 Å². The van der Waals surface area contributed by atoms with Gasteiger partial charge in [-0.15, -0.1) is 0 Å². The fourth-order valence-corrected chi connectivity index (χ4v) is 2.44. The number of carbonyl (C=O) groups excluding carboxylic acids is 1. The van der Waals surface area contributed by atoms with Crippen LogP contribution in [0.15, 0.2) is 0 Å². The lowest BCUT2D eigenvalue weighted by molar-refractivity contribution is -0.186. The van der Waals surface area contributed by atoms with E-state index in [1.165, 1.54) is 0 Å². The zero-order chi connectivity index (χ0) is 14.5. The number of aliphatic hydroxyl groups excluding tert-OH is 1. The second-order valence-corrected chi connectivity index (χ2v) is 5.24. The molecule has 0 aromatic rings. The second-order valence-electron chi connectivity index (χ2n) is 5.24. The van der Waals surface area contributed by atoms with Crippen molar-refractivity contribution < 1.29 is 23.1 Å². The largest absolute Gasteiger partial charge is 0.393 e. The van der Waals surface area contributed by atoms with E-state index in [1.54, 1.807) is 0 Å². The van der Waals surface area contributed by atoms with Crippen LogP contribution < -0.4 is 5.32 Å². The van der Waals surface area contributed by atoms with E-state index in [0.29, 0.717) is 32.2 Å². The Hall–Kier alpha value is -0.780. The quantitative estimate of drug-likeness (QED) is 0.814. The number of alkyl halides is 3. The van der Waals surface area contributed by atoms with Gasteiger partial charge in [0.1, 0.15) is 0 Å². The van der Waals surface area contributed by atoms with Crippen molar-refractivity contribution in [1.82, 2.24) is 5.32 Å². The molecule has 0 heterocycles. The topological polar surface area (TPSA) is 49.3 Å². The maximum absolute atomic E-state index is 12.6. The fraction of sp³-hybridized carbons (Fsp3) is 0.923. The lowest BCUT2D eigenvalue weighted by atomic mass is 9.80. The normalized spacial score (nSPS) is 25.9. The molecular weight excluding hydrogens is 259 g/mol. The third-order valence-electron chi connectivity index (χ3n) is 3.76. The van der Waals surface area contributed by atoms with Crippen molar-refractivity contribution in [2.45, 2.75) is 57.7 Å². The minimum absolute atomic E-state index is 0.105. The van der Waals surface area contributed by atoms with E-state index in [4.69, 9.17) is 0 Å². The van der Waals surface area contributed by atoms with Gasteiger partial charge in [-0.05, 0) is 32.1 Å². The van der Waals surface area contributed by atoms with E-state index in [9.17, 15) is 23.1 Å². The predicted molar refractivity (Wildman–Crippen MR) is 65.4 cm³/mol. The van der Waals surface area contributed by atoms with Crippen LogP contribution >= 0.6 is 0 Å². The molecule has 1 rings (SSSR count). The molecule has 0 radical (unpaired) electrons. The highest BCUT2D eigenvalue weighted by atomic mass is 19.4. The molecule has 6 heteroatoms. The molecule has 1 saturated carbocycles. The van der Waals surface area contributed by atoms with Crippen molar-refractivity contribution in [3.05, 3.63) is 0 Å². The monoisotopic (exact) mass is 281 g/mol. The molecule has 0 aromatic carbocycles. The van der Waals surface area contributed by atoms with E-state index < -0.39 is 24.1 Å². The molecule has 0 aliphatic heterocycles. The van der Waals surface area contributed by atoms with Gasteiger partial charge in [-0.2, -0.15) is 13.2 Å². The number of amides is 1. The van der Waals surface area contributed by atoms with Gasteiger partial charge in [0.15, 0.2) is 0 Å². The zero-order valence-corrected chi connectivity index (χ0v) is 11.2. The summed E-state index contributed by atoms with van der Waals surface area (Å²) in [7, 11) is 0. The second kappa shape index (κ2) is 7.12. The Morgan fingerprint density at radius 2 is 2.11 bits per heavy atom. The smallest absolute Gasteiger partial charge is 0.391 e. The van der Waals surface area contributed by atoms with Gasteiger partial charge < -0.3 is 10.4 Å². The lowest BCUT2D eigenvalue weighted by Crippen LogP contribution is -2.38. The Balaban J connectivity index is 2.36. The van der Waals surface area contributed by atoms with Gasteiger partial charge in [0.05, 0.1) is 12.0 Å². The number of hydrogen-bond donors (Lipinski definition) is 2. The zero-order valence-electron chi connectivity index (χ0n) is 11.2. The first kappa shape index (κ1) is 16.3. The van der Waals surface area contributed by atoms with Gasteiger partial charge in [0, 0.05) is 12.5 Å². The summed E-state index contributed by atoms with van der Waals surface area (Å²) in [5.74, 6) is -2.20. The summed E-state index contributed by atoms with van der Waals surface area (Å²) >= 11 is 0. The van der Waals surface area contributed by atoms with Crippen LogP contribution in [0.25, 0.3) is 0 Å². The van der Waals surface area contributed by atoms with E-state index in [0.717, 1.165) is 0 Å². The molecule has 2 N–H and O–H groups in total. The fourth-order valence-electron chi connectivity index (χ4n) is 2.44. The van der Waals surface area contributed by atoms with Crippen molar-refractivity contribution in [2.24, 2.45) is 11.8 Å². The molecule has 0 saturated heterocycles. The Bertz CT molecular complexity index is 294. The first-order chi connectivity index (χ1) is 8.84. The third-order valence-corrected chi connectivity index (χ3v) is 3.76. The number of carbonyl (C=O) groups is 1. The molecule has 19 heavy (non-hydrogen) atoms. The molecule has 1 fully saturated rings. The predicted octanol–water partition coefficient (Wildman–Crippen LogP) is 2.63. The highest BCUT2D eigenvalue weighted by Gasteiger charge is 2.43. The van der Waals surface area contributed by atoms with Crippen molar-refractivity contribution in [3.63, 3.8) is 0 Å². The van der Waals surface area contributed by atoms with E-state index in [-0.39, 0.29) is 18.7 Å². The Labute approximate surface area is 111 Å². The van der Waals surface area contributed by atoms with Crippen LogP contribution in [0.3, 0.4) is 0 Å². The minimum atomic E-state index is -4.20. The Kier molecular flexibility index (Phi) is 6.10. The van der Waals surface area contributed by atoms with Crippen molar-refractivity contribution in [1.29, 1.82) is 0 Å². The summed E-state index contributed by atoms with van der Waals surface area (Å²) < 4.78 is 37.9. The van der Waals surface area contributed by atoms with Crippen LogP contribution in [0.5, 0.6) is 0 Å². The van der Waals surface area contributed by atoms with Crippen LogP contribution in [0.2, 0.25) is 0 Å². The van der Waals surface area contributed by atoms with Gasteiger partial charge in [-0.25, -0.2) is 0 Å². The molecule has 1 aliphatic rings. The highest BCUT2D eigenvalue weighted by Crippen LogP contribution is 2.39. The maximum atomic E-state index is 12.6. The van der Waals surface area contributed by atoms with Crippen molar-refractivity contribution >= 4 is 5.91 Å². The molecule has 3 unspecified atom stereocenters. The van der Waals surface area contributed by atoms with Gasteiger partial charge >= 0.3 is 6.18 Å². The summed E-state index contributed by atoms with van der Waals surface area (Å²) in [6.07, 6.45) is -2.62. The van der Waals surface area contributed by atoms with Gasteiger partial charge in [0.25, 0.3) is 0 Å². The first-order valence-electron chi connectivity index (χ1n) is 6.87. The number of rotatable bonds is 5. The minimum Gasteiger partial charge on any atom is -0.393 e. The number of aliphatic hydroxyl groups is 1. The molecule has 0 bridgehead atoms. The Morgan fingerprint density at radius 1 is 1.42 bits per heavy atom. The number of nitrogens with one attached hydrogen (secondary N) is 1. The van der Waals surface area contributed by atoms with E-state index in [1.807, 2.05) is 6.92 Å². The highest BCUT2D eigenvalue weighted by molar-refractivity contribution is 5.78.